The maximum atomic E-state index is 12.6. The molecule has 5 nitrogen and oxygen atoms in total. The number of likely N-dealkylation sites (N-methyl/N-ethyl adjacent to an activating group) is 1. The molecule has 0 bridgehead atoms. The monoisotopic (exact) mass is 353 g/mol. The van der Waals surface area contributed by atoms with Crippen molar-refractivity contribution >= 4 is 5.91 Å². The summed E-state index contributed by atoms with van der Waals surface area (Å²) < 4.78 is 8.65. The fourth-order valence-electron chi connectivity index (χ4n) is 4.26. The topological polar surface area (TPSA) is 37.7 Å². The number of amides is 1. The van der Waals surface area contributed by atoms with Gasteiger partial charge in [-0.2, -0.15) is 0 Å². The molecule has 4 rings (SSSR count). The van der Waals surface area contributed by atoms with Crippen LogP contribution in [0.4, 0.5) is 0 Å². The molecule has 2 aliphatic rings. The van der Waals surface area contributed by atoms with E-state index >= 15 is 0 Å². The van der Waals surface area contributed by atoms with Crippen molar-refractivity contribution < 1.29 is 9.53 Å². The molecule has 1 saturated heterocycles. The SMILES string of the molecule is CN(C)C(=O)C1OC2(CCN(Cc3cccn3C)CC2)c2ccccc21. The van der Waals surface area contributed by atoms with Crippen LogP contribution in [0.25, 0.3) is 0 Å². The summed E-state index contributed by atoms with van der Waals surface area (Å²) in [5, 5.41) is 0. The van der Waals surface area contributed by atoms with Crippen LogP contribution in [0, 0.1) is 0 Å². The number of aryl methyl sites for hydroxylation is 1. The Morgan fingerprint density at radius 3 is 2.58 bits per heavy atom. The normalized spacial score (nSPS) is 21.7. The Morgan fingerprint density at radius 2 is 1.92 bits per heavy atom. The minimum Gasteiger partial charge on any atom is -0.353 e. The van der Waals surface area contributed by atoms with Gasteiger partial charge in [0.2, 0.25) is 0 Å². The summed E-state index contributed by atoms with van der Waals surface area (Å²) in [5.41, 5.74) is 3.26. The number of nitrogens with zero attached hydrogens (tertiary/aromatic N) is 3. The highest BCUT2D eigenvalue weighted by Gasteiger charge is 2.48. The number of benzene rings is 1. The van der Waals surface area contributed by atoms with Crippen molar-refractivity contribution in [2.24, 2.45) is 7.05 Å². The van der Waals surface area contributed by atoms with Gasteiger partial charge in [-0.05, 0) is 36.1 Å². The first-order valence-corrected chi connectivity index (χ1v) is 9.31. The van der Waals surface area contributed by atoms with E-state index in [-0.39, 0.29) is 11.5 Å². The number of hydrogen-bond donors (Lipinski definition) is 0. The van der Waals surface area contributed by atoms with Crippen LogP contribution in [-0.2, 0) is 28.7 Å². The highest BCUT2D eigenvalue weighted by atomic mass is 16.5. The zero-order valence-electron chi connectivity index (χ0n) is 15.8. The van der Waals surface area contributed by atoms with Gasteiger partial charge in [0.25, 0.3) is 5.91 Å². The van der Waals surface area contributed by atoms with Crippen molar-refractivity contribution in [2.45, 2.75) is 31.1 Å². The van der Waals surface area contributed by atoms with Gasteiger partial charge in [0.1, 0.15) is 0 Å². The van der Waals surface area contributed by atoms with Crippen LogP contribution in [0.15, 0.2) is 42.6 Å². The highest BCUT2D eigenvalue weighted by Crippen LogP contribution is 2.49. The molecule has 1 amide bonds. The average molecular weight is 353 g/mol. The van der Waals surface area contributed by atoms with Crippen LogP contribution in [-0.4, -0.2) is 47.5 Å². The maximum absolute atomic E-state index is 12.6. The van der Waals surface area contributed by atoms with Gasteiger partial charge in [0.05, 0.1) is 5.60 Å². The summed E-state index contributed by atoms with van der Waals surface area (Å²) in [6.45, 7) is 2.91. The van der Waals surface area contributed by atoms with Crippen molar-refractivity contribution in [3.05, 3.63) is 59.4 Å². The largest absolute Gasteiger partial charge is 0.353 e. The predicted octanol–water partition coefficient (Wildman–Crippen LogP) is 2.68. The van der Waals surface area contributed by atoms with Crippen LogP contribution >= 0.6 is 0 Å². The molecular formula is C21H27N3O2. The van der Waals surface area contributed by atoms with E-state index in [1.807, 2.05) is 12.1 Å². The third-order valence-corrected chi connectivity index (χ3v) is 5.84. The quantitative estimate of drug-likeness (QED) is 0.851. The van der Waals surface area contributed by atoms with Gasteiger partial charge in [-0.3, -0.25) is 9.69 Å². The van der Waals surface area contributed by atoms with E-state index in [0.717, 1.165) is 38.0 Å². The van der Waals surface area contributed by atoms with Crippen molar-refractivity contribution in [3.63, 3.8) is 0 Å². The second-order valence-corrected chi connectivity index (χ2v) is 7.70. The van der Waals surface area contributed by atoms with E-state index < -0.39 is 6.10 Å². The maximum Gasteiger partial charge on any atom is 0.255 e. The lowest BCUT2D eigenvalue weighted by Gasteiger charge is -2.39. The lowest BCUT2D eigenvalue weighted by molar-refractivity contribution is -0.158. The standard InChI is InChI=1S/C21H27N3O2/c1-22(2)20(25)19-17-8-4-5-9-18(17)21(26-19)10-13-24(14-11-21)15-16-7-6-12-23(16)3/h4-9,12,19H,10-11,13-15H2,1-3H3. The first-order valence-electron chi connectivity index (χ1n) is 9.31. The van der Waals surface area contributed by atoms with Crippen molar-refractivity contribution in [1.29, 1.82) is 0 Å². The van der Waals surface area contributed by atoms with Gasteiger partial charge in [-0.1, -0.05) is 24.3 Å². The minimum absolute atomic E-state index is 0.0283. The van der Waals surface area contributed by atoms with Gasteiger partial charge in [0, 0.05) is 52.7 Å². The van der Waals surface area contributed by atoms with Crippen molar-refractivity contribution in [1.82, 2.24) is 14.4 Å². The van der Waals surface area contributed by atoms with Gasteiger partial charge in [-0.25, -0.2) is 0 Å². The number of ether oxygens (including phenoxy) is 1. The van der Waals surface area contributed by atoms with Crippen molar-refractivity contribution in [3.8, 4) is 0 Å². The van der Waals surface area contributed by atoms with E-state index in [9.17, 15) is 4.79 Å². The molecule has 1 aromatic heterocycles. The summed E-state index contributed by atoms with van der Waals surface area (Å²) in [7, 11) is 5.68. The number of carbonyl (C=O) groups excluding carboxylic acids is 1. The second kappa shape index (κ2) is 6.56. The van der Waals surface area contributed by atoms with Gasteiger partial charge in [0.15, 0.2) is 6.10 Å². The lowest BCUT2D eigenvalue weighted by atomic mass is 9.83. The summed E-state index contributed by atoms with van der Waals surface area (Å²) in [5.74, 6) is 0.0283. The third kappa shape index (κ3) is 2.85. The average Bonchev–Trinajstić information content (AvgIpc) is 3.19. The number of hydrogen-bond acceptors (Lipinski definition) is 3. The first kappa shape index (κ1) is 17.3. The molecule has 0 radical (unpaired) electrons. The van der Waals surface area contributed by atoms with Crippen LogP contribution in [0.5, 0.6) is 0 Å². The molecule has 0 saturated carbocycles. The fourth-order valence-corrected chi connectivity index (χ4v) is 4.26. The Bertz CT molecular complexity index is 803. The lowest BCUT2D eigenvalue weighted by Crippen LogP contribution is -2.43. The number of likely N-dealkylation sites (tertiary alicyclic amines) is 1. The Labute approximate surface area is 155 Å². The molecule has 2 aliphatic heterocycles. The Hall–Kier alpha value is -2.11. The minimum atomic E-state index is -0.472. The molecule has 1 spiro atoms. The Kier molecular flexibility index (Phi) is 4.37. The molecule has 1 unspecified atom stereocenters. The van der Waals surface area contributed by atoms with Crippen LogP contribution < -0.4 is 0 Å². The van der Waals surface area contributed by atoms with Crippen LogP contribution in [0.3, 0.4) is 0 Å². The molecule has 2 aromatic rings. The molecule has 1 fully saturated rings. The molecule has 1 aromatic carbocycles. The molecule has 0 aliphatic carbocycles. The third-order valence-electron chi connectivity index (χ3n) is 5.84. The van der Waals surface area contributed by atoms with Crippen molar-refractivity contribution in [2.75, 3.05) is 27.2 Å². The van der Waals surface area contributed by atoms with Gasteiger partial charge in [-0.15, -0.1) is 0 Å². The molecule has 0 N–H and O–H groups in total. The van der Waals surface area contributed by atoms with E-state index in [1.165, 1.54) is 11.3 Å². The van der Waals surface area contributed by atoms with Crippen LogP contribution in [0.2, 0.25) is 0 Å². The molecule has 138 valence electrons. The van der Waals surface area contributed by atoms with Crippen LogP contribution in [0.1, 0.15) is 35.8 Å². The van der Waals surface area contributed by atoms with Gasteiger partial charge >= 0.3 is 0 Å². The highest BCUT2D eigenvalue weighted by molar-refractivity contribution is 5.83. The number of piperidine rings is 1. The number of carbonyl (C=O) groups is 1. The second-order valence-electron chi connectivity index (χ2n) is 7.70. The van der Waals surface area contributed by atoms with E-state index in [1.54, 1.807) is 19.0 Å². The summed E-state index contributed by atoms with van der Waals surface area (Å²) in [4.78, 5) is 16.7. The Balaban J connectivity index is 1.53. The number of aromatic nitrogens is 1. The predicted molar refractivity (Wildman–Crippen MR) is 101 cm³/mol. The smallest absolute Gasteiger partial charge is 0.255 e. The molecule has 3 heterocycles. The molecule has 5 heteroatoms. The molecule has 26 heavy (non-hydrogen) atoms. The number of rotatable bonds is 3. The van der Waals surface area contributed by atoms with E-state index in [4.69, 9.17) is 4.74 Å². The Morgan fingerprint density at radius 1 is 1.19 bits per heavy atom. The summed E-state index contributed by atoms with van der Waals surface area (Å²) in [6, 6.07) is 12.5. The van der Waals surface area contributed by atoms with E-state index in [2.05, 4.69) is 47.0 Å². The van der Waals surface area contributed by atoms with E-state index in [0.29, 0.717) is 0 Å². The van der Waals surface area contributed by atoms with Gasteiger partial charge < -0.3 is 14.2 Å². The summed E-state index contributed by atoms with van der Waals surface area (Å²) in [6.07, 6.45) is 3.46. The fraction of sp³-hybridized carbons (Fsp3) is 0.476. The summed E-state index contributed by atoms with van der Waals surface area (Å²) >= 11 is 0. The molecule has 1 atom stereocenters. The first-order chi connectivity index (χ1) is 12.5. The zero-order valence-corrected chi connectivity index (χ0v) is 15.8. The number of fused-ring (bicyclic) bond motifs is 2. The zero-order chi connectivity index (χ0) is 18.3. The molecular weight excluding hydrogens is 326 g/mol.